The zero-order valence-corrected chi connectivity index (χ0v) is 11.3. The van der Waals surface area contributed by atoms with Crippen LogP contribution in [0.1, 0.15) is 24.4 Å². The van der Waals surface area contributed by atoms with E-state index in [4.69, 9.17) is 9.47 Å². The second-order valence-electron chi connectivity index (χ2n) is 4.17. The maximum Gasteiger partial charge on any atom is 0.124 e. The molecule has 0 bridgehead atoms. The van der Waals surface area contributed by atoms with Gasteiger partial charge in [-0.15, -0.1) is 12.4 Å². The van der Waals surface area contributed by atoms with Crippen molar-refractivity contribution in [3.05, 3.63) is 29.6 Å². The molecule has 0 aliphatic carbocycles. The van der Waals surface area contributed by atoms with Crippen LogP contribution in [-0.4, -0.2) is 26.9 Å². The molecule has 1 aliphatic heterocycles. The van der Waals surface area contributed by atoms with Crippen LogP contribution in [0.5, 0.6) is 5.75 Å². The summed E-state index contributed by atoms with van der Waals surface area (Å²) < 4.78 is 23.8. The SMILES string of the molecule is COCCOc1ccc(F)cc1[C@H]1CCCN1.Cl. The van der Waals surface area contributed by atoms with Crippen LogP contribution < -0.4 is 10.1 Å². The zero-order valence-electron chi connectivity index (χ0n) is 10.4. The first-order valence-electron chi connectivity index (χ1n) is 5.96. The summed E-state index contributed by atoms with van der Waals surface area (Å²) in [6, 6.07) is 4.90. The van der Waals surface area contributed by atoms with E-state index in [1.807, 2.05) is 0 Å². The van der Waals surface area contributed by atoms with Crippen molar-refractivity contribution in [2.24, 2.45) is 0 Å². The molecule has 1 fully saturated rings. The van der Waals surface area contributed by atoms with Gasteiger partial charge in [0.05, 0.1) is 6.61 Å². The molecule has 0 saturated carbocycles. The first-order valence-corrected chi connectivity index (χ1v) is 5.96. The largest absolute Gasteiger partial charge is 0.491 e. The van der Waals surface area contributed by atoms with E-state index in [2.05, 4.69) is 5.32 Å². The summed E-state index contributed by atoms with van der Waals surface area (Å²) in [4.78, 5) is 0. The molecule has 0 aromatic heterocycles. The number of halogens is 2. The molecule has 3 nitrogen and oxygen atoms in total. The molecule has 1 aliphatic rings. The first-order chi connectivity index (χ1) is 8.31. The number of hydrogen-bond donors (Lipinski definition) is 1. The van der Waals surface area contributed by atoms with Crippen LogP contribution in [0, 0.1) is 5.82 Å². The van der Waals surface area contributed by atoms with E-state index >= 15 is 0 Å². The van der Waals surface area contributed by atoms with Crippen molar-refractivity contribution >= 4 is 12.4 Å². The number of rotatable bonds is 5. The van der Waals surface area contributed by atoms with Crippen molar-refractivity contribution in [1.82, 2.24) is 5.32 Å². The lowest BCUT2D eigenvalue weighted by molar-refractivity contribution is 0.145. The lowest BCUT2D eigenvalue weighted by Crippen LogP contribution is -2.15. The van der Waals surface area contributed by atoms with E-state index in [0.29, 0.717) is 13.2 Å². The highest BCUT2D eigenvalue weighted by Crippen LogP contribution is 2.31. The van der Waals surface area contributed by atoms with Gasteiger partial charge in [0, 0.05) is 18.7 Å². The Morgan fingerprint density at radius 2 is 2.22 bits per heavy atom. The average Bonchev–Trinajstić information content (AvgIpc) is 2.85. The van der Waals surface area contributed by atoms with Crippen LogP contribution >= 0.6 is 12.4 Å². The third-order valence-corrected chi connectivity index (χ3v) is 2.95. The predicted molar refractivity (Wildman–Crippen MR) is 71.0 cm³/mol. The van der Waals surface area contributed by atoms with Crippen molar-refractivity contribution in [3.63, 3.8) is 0 Å². The number of methoxy groups -OCH3 is 1. The average molecular weight is 276 g/mol. The van der Waals surface area contributed by atoms with Crippen LogP contribution in [0.15, 0.2) is 18.2 Å². The molecular weight excluding hydrogens is 257 g/mol. The third kappa shape index (κ3) is 3.83. The minimum atomic E-state index is -0.215. The molecule has 2 rings (SSSR count). The van der Waals surface area contributed by atoms with Crippen molar-refractivity contribution < 1.29 is 13.9 Å². The zero-order chi connectivity index (χ0) is 12.1. The van der Waals surface area contributed by atoms with Gasteiger partial charge in [-0.05, 0) is 37.6 Å². The van der Waals surface area contributed by atoms with Crippen molar-refractivity contribution in [1.29, 1.82) is 0 Å². The summed E-state index contributed by atoms with van der Waals surface area (Å²) in [5, 5.41) is 3.35. The molecule has 1 saturated heterocycles. The molecule has 102 valence electrons. The Labute approximate surface area is 113 Å². The molecule has 0 unspecified atom stereocenters. The molecule has 1 N–H and O–H groups in total. The summed E-state index contributed by atoms with van der Waals surface area (Å²) in [6.45, 7) is 2.01. The topological polar surface area (TPSA) is 30.5 Å². The Kier molecular flexibility index (Phi) is 6.39. The predicted octanol–water partition coefficient (Wildman–Crippen LogP) is 2.70. The smallest absolute Gasteiger partial charge is 0.124 e. The van der Waals surface area contributed by atoms with Crippen molar-refractivity contribution in [2.75, 3.05) is 26.9 Å². The van der Waals surface area contributed by atoms with E-state index in [-0.39, 0.29) is 24.3 Å². The molecule has 0 spiro atoms. The number of ether oxygens (including phenoxy) is 2. The quantitative estimate of drug-likeness (QED) is 0.838. The van der Waals surface area contributed by atoms with Crippen molar-refractivity contribution in [2.45, 2.75) is 18.9 Å². The second kappa shape index (κ2) is 7.56. The fraction of sp³-hybridized carbons (Fsp3) is 0.538. The highest BCUT2D eigenvalue weighted by molar-refractivity contribution is 5.85. The Morgan fingerprint density at radius 1 is 1.39 bits per heavy atom. The molecule has 1 aromatic rings. The minimum absolute atomic E-state index is 0. The molecule has 18 heavy (non-hydrogen) atoms. The van der Waals surface area contributed by atoms with Crippen LogP contribution in [0.4, 0.5) is 4.39 Å². The maximum atomic E-state index is 13.3. The fourth-order valence-corrected chi connectivity index (χ4v) is 2.11. The number of hydrogen-bond acceptors (Lipinski definition) is 3. The van der Waals surface area contributed by atoms with Crippen LogP contribution in [0.3, 0.4) is 0 Å². The highest BCUT2D eigenvalue weighted by Gasteiger charge is 2.20. The molecule has 0 radical (unpaired) electrons. The molecule has 0 amide bonds. The van der Waals surface area contributed by atoms with Gasteiger partial charge in [0.2, 0.25) is 0 Å². The monoisotopic (exact) mass is 275 g/mol. The highest BCUT2D eigenvalue weighted by atomic mass is 35.5. The molecule has 5 heteroatoms. The molecule has 1 atom stereocenters. The minimum Gasteiger partial charge on any atom is -0.491 e. The Hall–Kier alpha value is -0.840. The number of nitrogens with one attached hydrogen (secondary N) is 1. The summed E-state index contributed by atoms with van der Waals surface area (Å²) in [7, 11) is 1.63. The lowest BCUT2D eigenvalue weighted by atomic mass is 10.0. The standard InChI is InChI=1S/C13H18FNO2.ClH/c1-16-7-8-17-13-5-4-10(14)9-11(13)12-3-2-6-15-12;/h4-5,9,12,15H,2-3,6-8H2,1H3;1H/t12-;/m1./s1. The summed E-state index contributed by atoms with van der Waals surface area (Å²) in [6.07, 6.45) is 2.16. The van der Waals surface area contributed by atoms with Gasteiger partial charge >= 0.3 is 0 Å². The van der Waals surface area contributed by atoms with Crippen molar-refractivity contribution in [3.8, 4) is 5.75 Å². The third-order valence-electron chi connectivity index (χ3n) is 2.95. The summed E-state index contributed by atoms with van der Waals surface area (Å²) in [5.41, 5.74) is 0.915. The number of benzene rings is 1. The fourth-order valence-electron chi connectivity index (χ4n) is 2.11. The Morgan fingerprint density at radius 3 is 2.89 bits per heavy atom. The van der Waals surface area contributed by atoms with Crippen LogP contribution in [0.25, 0.3) is 0 Å². The Bertz CT molecular complexity index is 370. The van der Waals surface area contributed by atoms with E-state index in [1.54, 1.807) is 19.2 Å². The van der Waals surface area contributed by atoms with Gasteiger partial charge in [-0.2, -0.15) is 0 Å². The maximum absolute atomic E-state index is 13.3. The van der Waals surface area contributed by atoms with E-state index in [1.165, 1.54) is 6.07 Å². The van der Waals surface area contributed by atoms with E-state index in [9.17, 15) is 4.39 Å². The van der Waals surface area contributed by atoms with Crippen LogP contribution in [-0.2, 0) is 4.74 Å². The lowest BCUT2D eigenvalue weighted by Gasteiger charge is -2.16. The van der Waals surface area contributed by atoms with E-state index in [0.717, 1.165) is 30.7 Å². The van der Waals surface area contributed by atoms with Gasteiger partial charge < -0.3 is 14.8 Å². The second-order valence-corrected chi connectivity index (χ2v) is 4.17. The molecular formula is C13H19ClFNO2. The van der Waals surface area contributed by atoms with Gasteiger partial charge in [0.1, 0.15) is 18.2 Å². The molecule has 1 aromatic carbocycles. The van der Waals surface area contributed by atoms with Gasteiger partial charge in [-0.3, -0.25) is 0 Å². The van der Waals surface area contributed by atoms with E-state index < -0.39 is 0 Å². The summed E-state index contributed by atoms with van der Waals surface area (Å²) >= 11 is 0. The van der Waals surface area contributed by atoms with Gasteiger partial charge in [0.15, 0.2) is 0 Å². The van der Waals surface area contributed by atoms with Gasteiger partial charge in [-0.1, -0.05) is 0 Å². The Balaban J connectivity index is 0.00000162. The van der Waals surface area contributed by atoms with Crippen LogP contribution in [0.2, 0.25) is 0 Å². The van der Waals surface area contributed by atoms with Gasteiger partial charge in [0.25, 0.3) is 0 Å². The first kappa shape index (κ1) is 15.2. The normalized spacial score (nSPS) is 18.4. The summed E-state index contributed by atoms with van der Waals surface area (Å²) in [5.74, 6) is 0.538. The van der Waals surface area contributed by atoms with Gasteiger partial charge in [-0.25, -0.2) is 4.39 Å². The molecule has 1 heterocycles.